The minimum atomic E-state index is -0.450. The van der Waals surface area contributed by atoms with Crippen LogP contribution in [0.1, 0.15) is 18.1 Å². The lowest BCUT2D eigenvalue weighted by Crippen LogP contribution is -2.19. The fraction of sp³-hybridized carbons (Fsp3) is 0.167. The van der Waals surface area contributed by atoms with Gasteiger partial charge in [-0.05, 0) is 70.4 Å². The van der Waals surface area contributed by atoms with Gasteiger partial charge in [0.1, 0.15) is 6.61 Å². The number of hydrogen-bond acceptors (Lipinski definition) is 7. The van der Waals surface area contributed by atoms with Crippen molar-refractivity contribution in [3.63, 3.8) is 0 Å². The standard InChI is InChI=1S/C24H21BrClN3O5S/c1-2-33-22-12-17(13-27-28-23(30)15-35-20-8-6-18(26)7-9-20)11-21(25)24(22)34-14-16-4-3-5-19(10-16)29(31)32/h3-13H,2,14-15H2,1H3,(H,28,30)/b27-13-. The first-order valence-electron chi connectivity index (χ1n) is 10.4. The number of nitrogens with zero attached hydrogens (tertiary/aromatic N) is 2. The Hall–Kier alpha value is -3.08. The second kappa shape index (κ2) is 13.1. The van der Waals surface area contributed by atoms with E-state index in [1.54, 1.807) is 36.4 Å². The van der Waals surface area contributed by atoms with Crippen LogP contribution in [0.2, 0.25) is 5.02 Å². The summed E-state index contributed by atoms with van der Waals surface area (Å²) in [4.78, 5) is 23.6. The second-order valence-electron chi connectivity index (χ2n) is 7.01. The lowest BCUT2D eigenvalue weighted by molar-refractivity contribution is -0.384. The molecule has 0 heterocycles. The average Bonchev–Trinajstić information content (AvgIpc) is 2.83. The summed E-state index contributed by atoms with van der Waals surface area (Å²) in [5, 5.41) is 15.7. The predicted octanol–water partition coefficient (Wildman–Crippen LogP) is 6.23. The molecule has 0 unspecified atom stereocenters. The Labute approximate surface area is 219 Å². The predicted molar refractivity (Wildman–Crippen MR) is 141 cm³/mol. The quantitative estimate of drug-likeness (QED) is 0.125. The van der Waals surface area contributed by atoms with Gasteiger partial charge in [-0.3, -0.25) is 14.9 Å². The largest absolute Gasteiger partial charge is 0.490 e. The molecule has 0 radical (unpaired) electrons. The number of nitro benzene ring substituents is 1. The molecule has 3 rings (SSSR count). The highest BCUT2D eigenvalue weighted by Gasteiger charge is 2.13. The molecule has 0 aliphatic carbocycles. The average molecular weight is 579 g/mol. The molecule has 0 bridgehead atoms. The van der Waals surface area contributed by atoms with Crippen molar-refractivity contribution >= 4 is 57.1 Å². The van der Waals surface area contributed by atoms with Gasteiger partial charge in [0.2, 0.25) is 5.91 Å². The molecule has 0 saturated heterocycles. The summed E-state index contributed by atoms with van der Waals surface area (Å²) in [6.45, 7) is 2.37. The number of ether oxygens (including phenoxy) is 2. The first kappa shape index (κ1) is 26.5. The van der Waals surface area contributed by atoms with E-state index < -0.39 is 4.92 Å². The summed E-state index contributed by atoms with van der Waals surface area (Å²) in [5.41, 5.74) is 3.82. The van der Waals surface area contributed by atoms with Gasteiger partial charge in [0.15, 0.2) is 11.5 Å². The number of hydrazone groups is 1. The number of non-ortho nitro benzene ring substituents is 1. The fourth-order valence-electron chi connectivity index (χ4n) is 2.87. The molecule has 0 atom stereocenters. The first-order chi connectivity index (χ1) is 16.9. The number of carbonyl (C=O) groups is 1. The molecular formula is C24H21BrClN3O5S. The van der Waals surface area contributed by atoms with Crippen molar-refractivity contribution in [2.24, 2.45) is 5.10 Å². The fourth-order valence-corrected chi connectivity index (χ4v) is 4.26. The van der Waals surface area contributed by atoms with Crippen LogP contribution in [0.15, 0.2) is 75.1 Å². The van der Waals surface area contributed by atoms with E-state index in [4.69, 9.17) is 21.1 Å². The Bertz CT molecular complexity index is 1220. The van der Waals surface area contributed by atoms with Crippen molar-refractivity contribution in [1.82, 2.24) is 5.43 Å². The van der Waals surface area contributed by atoms with Gasteiger partial charge >= 0.3 is 0 Å². The highest BCUT2D eigenvalue weighted by Crippen LogP contribution is 2.37. The normalized spacial score (nSPS) is 10.8. The molecule has 8 nitrogen and oxygen atoms in total. The minimum Gasteiger partial charge on any atom is -0.490 e. The molecule has 1 N–H and O–H groups in total. The molecule has 0 fully saturated rings. The number of nitro groups is 1. The maximum atomic E-state index is 12.1. The summed E-state index contributed by atoms with van der Waals surface area (Å²) >= 11 is 10.7. The van der Waals surface area contributed by atoms with Crippen molar-refractivity contribution in [2.45, 2.75) is 18.4 Å². The zero-order chi connectivity index (χ0) is 25.2. The summed E-state index contributed by atoms with van der Waals surface area (Å²) < 4.78 is 12.2. The number of rotatable bonds is 11. The van der Waals surface area contributed by atoms with Crippen LogP contribution >= 0.6 is 39.3 Å². The summed E-state index contributed by atoms with van der Waals surface area (Å²) in [6, 6.07) is 17.0. The molecule has 1 amide bonds. The van der Waals surface area contributed by atoms with Gasteiger partial charge in [0, 0.05) is 22.1 Å². The molecule has 0 saturated carbocycles. The molecule has 0 spiro atoms. The molecule has 35 heavy (non-hydrogen) atoms. The van der Waals surface area contributed by atoms with E-state index in [9.17, 15) is 14.9 Å². The molecule has 0 aromatic heterocycles. The Morgan fingerprint density at radius 1 is 1.20 bits per heavy atom. The van der Waals surface area contributed by atoms with Gasteiger partial charge in [-0.1, -0.05) is 23.7 Å². The third kappa shape index (κ3) is 8.27. The van der Waals surface area contributed by atoms with E-state index >= 15 is 0 Å². The van der Waals surface area contributed by atoms with E-state index in [1.807, 2.05) is 19.1 Å². The van der Waals surface area contributed by atoms with E-state index in [1.165, 1.54) is 30.1 Å². The number of amides is 1. The van der Waals surface area contributed by atoms with Gasteiger partial charge in [-0.15, -0.1) is 11.8 Å². The number of thioether (sulfide) groups is 1. The van der Waals surface area contributed by atoms with Crippen LogP contribution in [-0.4, -0.2) is 29.4 Å². The number of benzene rings is 3. The Kier molecular flexibility index (Phi) is 9.95. The monoisotopic (exact) mass is 577 g/mol. The van der Waals surface area contributed by atoms with E-state index in [0.29, 0.717) is 38.7 Å². The third-order valence-corrected chi connectivity index (χ3v) is 6.28. The van der Waals surface area contributed by atoms with Crippen LogP contribution in [0, 0.1) is 10.1 Å². The molecule has 0 aliphatic heterocycles. The molecule has 182 valence electrons. The summed E-state index contributed by atoms with van der Waals surface area (Å²) in [5.74, 6) is 0.886. The van der Waals surface area contributed by atoms with Gasteiger partial charge in [0.05, 0.1) is 28.0 Å². The topological polar surface area (TPSA) is 103 Å². The van der Waals surface area contributed by atoms with Crippen LogP contribution in [0.25, 0.3) is 0 Å². The molecule has 3 aromatic carbocycles. The van der Waals surface area contributed by atoms with Gasteiger partial charge in [-0.2, -0.15) is 5.10 Å². The van der Waals surface area contributed by atoms with E-state index in [2.05, 4.69) is 26.5 Å². The van der Waals surface area contributed by atoms with Crippen molar-refractivity contribution in [2.75, 3.05) is 12.4 Å². The SMILES string of the molecule is CCOc1cc(/C=N\NC(=O)CSc2ccc(Cl)cc2)cc(Br)c1OCc1cccc([N+](=O)[O-])c1. The van der Waals surface area contributed by atoms with Crippen LogP contribution in [0.4, 0.5) is 5.69 Å². The maximum absolute atomic E-state index is 12.1. The third-order valence-electron chi connectivity index (χ3n) is 4.42. The van der Waals surface area contributed by atoms with E-state index in [0.717, 1.165) is 4.90 Å². The highest BCUT2D eigenvalue weighted by atomic mass is 79.9. The van der Waals surface area contributed by atoms with Crippen molar-refractivity contribution in [1.29, 1.82) is 0 Å². The number of halogens is 2. The highest BCUT2D eigenvalue weighted by molar-refractivity contribution is 9.10. The van der Waals surface area contributed by atoms with E-state index in [-0.39, 0.29) is 24.0 Å². The summed E-state index contributed by atoms with van der Waals surface area (Å²) in [6.07, 6.45) is 1.50. The Morgan fingerprint density at radius 3 is 2.69 bits per heavy atom. The molecule has 3 aromatic rings. The molecule has 11 heteroatoms. The van der Waals surface area contributed by atoms with Gasteiger partial charge in [0.25, 0.3) is 5.69 Å². The number of nitrogens with one attached hydrogen (secondary N) is 1. The van der Waals surface area contributed by atoms with Gasteiger partial charge < -0.3 is 9.47 Å². The Balaban J connectivity index is 1.62. The van der Waals surface area contributed by atoms with Crippen molar-refractivity contribution in [3.05, 3.63) is 91.4 Å². The molecular weight excluding hydrogens is 558 g/mol. The first-order valence-corrected chi connectivity index (χ1v) is 12.5. The zero-order valence-electron chi connectivity index (χ0n) is 18.6. The second-order valence-corrected chi connectivity index (χ2v) is 9.35. The van der Waals surface area contributed by atoms with Crippen LogP contribution in [0.3, 0.4) is 0 Å². The van der Waals surface area contributed by atoms with Crippen molar-refractivity contribution in [3.8, 4) is 11.5 Å². The van der Waals surface area contributed by atoms with Crippen LogP contribution in [0.5, 0.6) is 11.5 Å². The van der Waals surface area contributed by atoms with Crippen LogP contribution in [-0.2, 0) is 11.4 Å². The summed E-state index contributed by atoms with van der Waals surface area (Å²) in [7, 11) is 0. The number of hydrogen-bond donors (Lipinski definition) is 1. The zero-order valence-corrected chi connectivity index (χ0v) is 21.7. The smallest absolute Gasteiger partial charge is 0.269 e. The van der Waals surface area contributed by atoms with Crippen LogP contribution < -0.4 is 14.9 Å². The van der Waals surface area contributed by atoms with Crippen molar-refractivity contribution < 1.29 is 19.2 Å². The van der Waals surface area contributed by atoms with Gasteiger partial charge in [-0.25, -0.2) is 5.43 Å². The molecule has 0 aliphatic rings. The minimum absolute atomic E-state index is 0.00429. The lowest BCUT2D eigenvalue weighted by atomic mass is 10.2. The maximum Gasteiger partial charge on any atom is 0.269 e. The number of carbonyl (C=O) groups excluding carboxylic acids is 1. The Morgan fingerprint density at radius 2 is 1.97 bits per heavy atom. The lowest BCUT2D eigenvalue weighted by Gasteiger charge is -2.14.